The second-order valence-electron chi connectivity index (χ2n) is 9.88. The molecule has 2 aromatic rings. The van der Waals surface area contributed by atoms with Crippen molar-refractivity contribution in [1.82, 2.24) is 9.21 Å². The molecule has 0 radical (unpaired) electrons. The molecule has 5 rings (SSSR count). The molecule has 1 atom stereocenters. The lowest BCUT2D eigenvalue weighted by atomic mass is 10.1. The number of anilines is 1. The third kappa shape index (κ3) is 6.05. The van der Waals surface area contributed by atoms with Crippen molar-refractivity contribution in [3.63, 3.8) is 0 Å². The first-order valence-corrected chi connectivity index (χ1v) is 15.6. The number of nitrogens with zero attached hydrogens (tertiary/aromatic N) is 3. The van der Waals surface area contributed by atoms with Crippen LogP contribution in [0.1, 0.15) is 31.2 Å². The van der Waals surface area contributed by atoms with Gasteiger partial charge in [-0.05, 0) is 55.9 Å². The molecule has 39 heavy (non-hydrogen) atoms. The maximum absolute atomic E-state index is 13.4. The van der Waals surface area contributed by atoms with Gasteiger partial charge in [0.2, 0.25) is 15.9 Å². The van der Waals surface area contributed by atoms with Crippen molar-refractivity contribution in [3.8, 4) is 0 Å². The second-order valence-corrected chi connectivity index (χ2v) is 12.9. The third-order valence-electron chi connectivity index (χ3n) is 7.16. The normalized spacial score (nSPS) is 21.2. The van der Waals surface area contributed by atoms with Crippen LogP contribution in [0, 0.1) is 0 Å². The third-order valence-corrected chi connectivity index (χ3v) is 10.3. The van der Waals surface area contributed by atoms with Crippen molar-refractivity contribution in [2.24, 2.45) is 10.7 Å². The zero-order valence-electron chi connectivity index (χ0n) is 21.7. The molecule has 11 heteroatoms. The number of hydrogen-bond acceptors (Lipinski definition) is 7. The fourth-order valence-corrected chi connectivity index (χ4v) is 7.73. The van der Waals surface area contributed by atoms with Crippen LogP contribution in [0.2, 0.25) is 0 Å². The lowest BCUT2D eigenvalue weighted by Crippen LogP contribution is -2.33. The summed E-state index contributed by atoms with van der Waals surface area (Å²) in [4.78, 5) is 33.4. The van der Waals surface area contributed by atoms with E-state index in [0.29, 0.717) is 55.4 Å². The minimum absolute atomic E-state index is 0.137. The highest BCUT2D eigenvalue weighted by atomic mass is 32.2. The van der Waals surface area contributed by atoms with E-state index in [1.54, 1.807) is 17.0 Å². The first-order chi connectivity index (χ1) is 18.8. The van der Waals surface area contributed by atoms with Crippen LogP contribution in [-0.4, -0.2) is 72.5 Å². The number of amides is 2. The molecule has 2 fully saturated rings. The first-order valence-electron chi connectivity index (χ1n) is 13.3. The number of benzene rings is 2. The SMILES string of the molecule is NC1=C(C(=O)N2CCCC2)C(=NCCc2ccccc2)SC1C(=O)Nc1cccc(S(=O)(=O)N2CCCC2)c1. The van der Waals surface area contributed by atoms with E-state index in [1.165, 1.54) is 28.2 Å². The van der Waals surface area contributed by atoms with Gasteiger partial charge in [0, 0.05) is 44.1 Å². The summed E-state index contributed by atoms with van der Waals surface area (Å²) in [5.41, 5.74) is 8.45. The Labute approximate surface area is 233 Å². The fraction of sp³-hybridized carbons (Fsp3) is 0.393. The number of nitrogens with one attached hydrogen (secondary N) is 1. The molecule has 0 aliphatic carbocycles. The van der Waals surface area contributed by atoms with Gasteiger partial charge in [0.1, 0.15) is 10.3 Å². The average molecular weight is 568 g/mol. The minimum Gasteiger partial charge on any atom is -0.400 e. The van der Waals surface area contributed by atoms with Crippen molar-refractivity contribution in [3.05, 3.63) is 71.4 Å². The summed E-state index contributed by atoms with van der Waals surface area (Å²) in [5.74, 6) is -0.613. The van der Waals surface area contributed by atoms with Gasteiger partial charge < -0.3 is 16.0 Å². The molecule has 206 valence electrons. The molecule has 0 saturated carbocycles. The molecule has 2 aromatic carbocycles. The van der Waals surface area contributed by atoms with E-state index in [4.69, 9.17) is 10.7 Å². The zero-order chi connectivity index (χ0) is 27.4. The second kappa shape index (κ2) is 11.9. The molecule has 3 aliphatic rings. The molecule has 3 N–H and O–H groups in total. The molecule has 0 bridgehead atoms. The number of thioether (sulfide) groups is 1. The standard InChI is InChI=1S/C28H33N5O4S2/c29-24-23(28(35)32-15-4-5-16-32)27(30-14-13-20-9-2-1-3-10-20)38-25(24)26(34)31-21-11-8-12-22(19-21)39(36,37)33-17-6-7-18-33/h1-3,8-12,19,25H,4-7,13-18,29H2,(H,31,34). The largest absolute Gasteiger partial charge is 0.400 e. The van der Waals surface area contributed by atoms with Gasteiger partial charge in [0.25, 0.3) is 5.91 Å². The van der Waals surface area contributed by atoms with Gasteiger partial charge in [0.05, 0.1) is 10.5 Å². The molecule has 0 aromatic heterocycles. The van der Waals surface area contributed by atoms with Gasteiger partial charge in [-0.15, -0.1) is 0 Å². The highest BCUT2D eigenvalue weighted by molar-refractivity contribution is 8.16. The summed E-state index contributed by atoms with van der Waals surface area (Å²) in [6.45, 7) is 2.78. The minimum atomic E-state index is -3.62. The van der Waals surface area contributed by atoms with Gasteiger partial charge in [0.15, 0.2) is 0 Å². The van der Waals surface area contributed by atoms with E-state index in [1.807, 2.05) is 30.3 Å². The van der Waals surface area contributed by atoms with Crippen LogP contribution in [0.25, 0.3) is 0 Å². The maximum atomic E-state index is 13.4. The van der Waals surface area contributed by atoms with Crippen molar-refractivity contribution in [2.45, 2.75) is 42.2 Å². The van der Waals surface area contributed by atoms with Crippen LogP contribution >= 0.6 is 11.8 Å². The van der Waals surface area contributed by atoms with E-state index >= 15 is 0 Å². The first kappa shape index (κ1) is 27.4. The van der Waals surface area contributed by atoms with Crippen molar-refractivity contribution >= 4 is 44.3 Å². The van der Waals surface area contributed by atoms with E-state index in [-0.39, 0.29) is 16.5 Å². The van der Waals surface area contributed by atoms with Gasteiger partial charge >= 0.3 is 0 Å². The van der Waals surface area contributed by atoms with E-state index in [0.717, 1.165) is 31.2 Å². The Morgan fingerprint density at radius 1 is 0.974 bits per heavy atom. The smallest absolute Gasteiger partial charge is 0.258 e. The molecule has 9 nitrogen and oxygen atoms in total. The van der Waals surface area contributed by atoms with Gasteiger partial charge in [-0.2, -0.15) is 4.31 Å². The number of carbonyl (C=O) groups is 2. The van der Waals surface area contributed by atoms with E-state index in [9.17, 15) is 18.0 Å². The lowest BCUT2D eigenvalue weighted by molar-refractivity contribution is -0.125. The van der Waals surface area contributed by atoms with Crippen LogP contribution in [0.15, 0.2) is 75.8 Å². The van der Waals surface area contributed by atoms with E-state index < -0.39 is 21.2 Å². The molecular formula is C28H33N5O4S2. The zero-order valence-corrected chi connectivity index (χ0v) is 23.3. The monoisotopic (exact) mass is 567 g/mol. The summed E-state index contributed by atoms with van der Waals surface area (Å²) >= 11 is 1.17. The molecule has 3 heterocycles. The van der Waals surface area contributed by atoms with Crippen LogP contribution in [-0.2, 0) is 26.0 Å². The lowest BCUT2D eigenvalue weighted by Gasteiger charge is -2.17. The Hall–Kier alpha value is -3.15. The number of likely N-dealkylation sites (tertiary alicyclic amines) is 1. The summed E-state index contributed by atoms with van der Waals surface area (Å²) in [5, 5.41) is 2.44. The molecule has 0 spiro atoms. The molecule has 2 saturated heterocycles. The highest BCUT2D eigenvalue weighted by Crippen LogP contribution is 2.35. The fourth-order valence-electron chi connectivity index (χ4n) is 5.04. The van der Waals surface area contributed by atoms with Crippen LogP contribution in [0.5, 0.6) is 0 Å². The predicted octanol–water partition coefficient (Wildman–Crippen LogP) is 3.00. The maximum Gasteiger partial charge on any atom is 0.258 e. The number of carbonyl (C=O) groups excluding carboxylic acids is 2. The number of hydrogen-bond donors (Lipinski definition) is 2. The molecule has 1 unspecified atom stereocenters. The Kier molecular flexibility index (Phi) is 8.39. The Morgan fingerprint density at radius 2 is 1.67 bits per heavy atom. The van der Waals surface area contributed by atoms with Crippen molar-refractivity contribution in [2.75, 3.05) is 38.0 Å². The van der Waals surface area contributed by atoms with E-state index in [2.05, 4.69) is 5.32 Å². The quantitative estimate of drug-likeness (QED) is 0.505. The summed E-state index contributed by atoms with van der Waals surface area (Å²) in [6.07, 6.45) is 4.26. The van der Waals surface area contributed by atoms with Gasteiger partial charge in [-0.25, -0.2) is 8.42 Å². The molecular weight excluding hydrogens is 534 g/mol. The summed E-state index contributed by atoms with van der Waals surface area (Å²) < 4.78 is 27.5. The number of rotatable bonds is 8. The summed E-state index contributed by atoms with van der Waals surface area (Å²) in [6, 6.07) is 16.2. The molecule has 2 amide bonds. The van der Waals surface area contributed by atoms with Gasteiger partial charge in [-0.1, -0.05) is 48.2 Å². The Morgan fingerprint density at radius 3 is 2.38 bits per heavy atom. The summed E-state index contributed by atoms with van der Waals surface area (Å²) in [7, 11) is -3.62. The predicted molar refractivity (Wildman–Crippen MR) is 154 cm³/mol. The van der Waals surface area contributed by atoms with Crippen LogP contribution < -0.4 is 11.1 Å². The Bertz CT molecular complexity index is 1400. The Balaban J connectivity index is 1.35. The van der Waals surface area contributed by atoms with Crippen LogP contribution in [0.4, 0.5) is 5.69 Å². The van der Waals surface area contributed by atoms with Gasteiger partial charge in [-0.3, -0.25) is 14.6 Å². The molecule has 3 aliphatic heterocycles. The number of sulfonamides is 1. The van der Waals surface area contributed by atoms with Crippen molar-refractivity contribution in [1.29, 1.82) is 0 Å². The topological polar surface area (TPSA) is 125 Å². The number of aliphatic imine (C=N–C) groups is 1. The number of nitrogens with two attached hydrogens (primary N) is 1. The average Bonchev–Trinajstić information content (AvgIpc) is 3.71. The highest BCUT2D eigenvalue weighted by Gasteiger charge is 2.40. The van der Waals surface area contributed by atoms with Crippen LogP contribution in [0.3, 0.4) is 0 Å². The van der Waals surface area contributed by atoms with Crippen molar-refractivity contribution < 1.29 is 18.0 Å².